The van der Waals surface area contributed by atoms with Crippen molar-refractivity contribution in [3.05, 3.63) is 0 Å². The summed E-state index contributed by atoms with van der Waals surface area (Å²) in [6, 6.07) is 2.15. The van der Waals surface area contributed by atoms with Crippen molar-refractivity contribution in [3.63, 3.8) is 0 Å². The normalized spacial score (nSPS) is 29.4. The summed E-state index contributed by atoms with van der Waals surface area (Å²) in [4.78, 5) is 5.37. The SMILES string of the molecule is CO[C@H]1C[C@H](N(CC2CCN(C(C)C)CC2)C(C)C)C1. The van der Waals surface area contributed by atoms with E-state index in [0.29, 0.717) is 18.2 Å². The van der Waals surface area contributed by atoms with E-state index in [-0.39, 0.29) is 0 Å². The Morgan fingerprint density at radius 2 is 1.70 bits per heavy atom. The van der Waals surface area contributed by atoms with E-state index in [4.69, 9.17) is 4.74 Å². The number of likely N-dealkylation sites (tertiary alicyclic amines) is 1. The minimum absolute atomic E-state index is 0.518. The third-order valence-electron chi connectivity index (χ3n) is 5.38. The number of rotatable bonds is 6. The molecule has 0 unspecified atom stereocenters. The van der Waals surface area contributed by atoms with Gasteiger partial charge >= 0.3 is 0 Å². The van der Waals surface area contributed by atoms with E-state index >= 15 is 0 Å². The summed E-state index contributed by atoms with van der Waals surface area (Å²) >= 11 is 0. The third kappa shape index (κ3) is 3.96. The highest BCUT2D eigenvalue weighted by atomic mass is 16.5. The van der Waals surface area contributed by atoms with E-state index in [1.807, 2.05) is 7.11 Å². The minimum Gasteiger partial charge on any atom is -0.381 e. The van der Waals surface area contributed by atoms with Gasteiger partial charge in [0.05, 0.1) is 6.10 Å². The number of hydrogen-bond acceptors (Lipinski definition) is 3. The molecule has 0 N–H and O–H groups in total. The first-order valence-electron chi connectivity index (χ1n) is 8.53. The summed E-state index contributed by atoms with van der Waals surface area (Å²) in [6.07, 6.45) is 5.74. The summed E-state index contributed by atoms with van der Waals surface area (Å²) in [5.74, 6) is 0.897. The Labute approximate surface area is 125 Å². The Morgan fingerprint density at radius 3 is 2.15 bits per heavy atom. The van der Waals surface area contributed by atoms with Crippen molar-refractivity contribution in [1.82, 2.24) is 9.80 Å². The van der Waals surface area contributed by atoms with Crippen LogP contribution in [0.3, 0.4) is 0 Å². The summed E-state index contributed by atoms with van der Waals surface area (Å²) in [6.45, 7) is 13.2. The Balaban J connectivity index is 1.78. The molecule has 0 aromatic carbocycles. The Hall–Kier alpha value is -0.120. The standard InChI is InChI=1S/C17H34N2O/c1-13(2)18-8-6-15(7-9-18)12-19(14(3)4)16-10-17(11-16)20-5/h13-17H,6-12H2,1-5H3/t16-,17-. The number of nitrogens with zero attached hydrogens (tertiary/aromatic N) is 2. The van der Waals surface area contributed by atoms with Crippen molar-refractivity contribution >= 4 is 0 Å². The maximum absolute atomic E-state index is 5.44. The van der Waals surface area contributed by atoms with Crippen LogP contribution in [0.1, 0.15) is 53.4 Å². The molecule has 3 heteroatoms. The maximum Gasteiger partial charge on any atom is 0.0601 e. The molecular weight excluding hydrogens is 248 g/mol. The van der Waals surface area contributed by atoms with Gasteiger partial charge in [-0.1, -0.05) is 0 Å². The van der Waals surface area contributed by atoms with E-state index in [1.54, 1.807) is 0 Å². The zero-order chi connectivity index (χ0) is 14.7. The largest absolute Gasteiger partial charge is 0.381 e. The number of piperidine rings is 1. The van der Waals surface area contributed by atoms with E-state index in [9.17, 15) is 0 Å². The second kappa shape index (κ2) is 7.24. The van der Waals surface area contributed by atoms with Crippen LogP contribution in [0.5, 0.6) is 0 Å². The molecule has 0 radical (unpaired) electrons. The highest BCUT2D eigenvalue weighted by molar-refractivity contribution is 4.90. The fourth-order valence-electron chi connectivity index (χ4n) is 3.73. The highest BCUT2D eigenvalue weighted by Gasteiger charge is 2.36. The quantitative estimate of drug-likeness (QED) is 0.745. The lowest BCUT2D eigenvalue weighted by Gasteiger charge is -2.46. The van der Waals surface area contributed by atoms with Crippen LogP contribution in [0.4, 0.5) is 0 Å². The molecule has 2 fully saturated rings. The van der Waals surface area contributed by atoms with Crippen molar-refractivity contribution < 1.29 is 4.74 Å². The number of methoxy groups -OCH3 is 1. The lowest BCUT2D eigenvalue weighted by atomic mass is 9.85. The van der Waals surface area contributed by atoms with Gasteiger partial charge in [0.15, 0.2) is 0 Å². The molecule has 0 aromatic rings. The molecule has 0 atom stereocenters. The van der Waals surface area contributed by atoms with Crippen LogP contribution in [0.15, 0.2) is 0 Å². The molecule has 118 valence electrons. The molecule has 2 rings (SSSR count). The number of hydrogen-bond donors (Lipinski definition) is 0. The van der Waals surface area contributed by atoms with Gasteiger partial charge in [-0.3, -0.25) is 4.90 Å². The Kier molecular flexibility index (Phi) is 5.88. The van der Waals surface area contributed by atoms with Crippen LogP contribution < -0.4 is 0 Å². The van der Waals surface area contributed by atoms with Gasteiger partial charge in [-0.25, -0.2) is 0 Å². The monoisotopic (exact) mass is 282 g/mol. The fraction of sp³-hybridized carbons (Fsp3) is 1.00. The topological polar surface area (TPSA) is 15.7 Å². The summed E-state index contributed by atoms with van der Waals surface area (Å²) in [5.41, 5.74) is 0. The van der Waals surface area contributed by atoms with Crippen molar-refractivity contribution in [3.8, 4) is 0 Å². The van der Waals surface area contributed by atoms with Gasteiger partial charge in [0, 0.05) is 31.8 Å². The average molecular weight is 282 g/mol. The van der Waals surface area contributed by atoms with Gasteiger partial charge in [0.2, 0.25) is 0 Å². The molecule has 1 saturated carbocycles. The van der Waals surface area contributed by atoms with Crippen LogP contribution in [-0.4, -0.2) is 60.8 Å². The van der Waals surface area contributed by atoms with Crippen LogP contribution >= 0.6 is 0 Å². The van der Waals surface area contributed by atoms with Crippen molar-refractivity contribution in [2.24, 2.45) is 5.92 Å². The zero-order valence-corrected chi connectivity index (χ0v) is 14.1. The van der Waals surface area contributed by atoms with Crippen LogP contribution in [0, 0.1) is 5.92 Å². The lowest BCUT2D eigenvalue weighted by Crippen LogP contribution is -2.53. The molecule has 1 saturated heterocycles. The van der Waals surface area contributed by atoms with Gasteiger partial charge < -0.3 is 9.64 Å². The van der Waals surface area contributed by atoms with E-state index in [2.05, 4.69) is 37.5 Å². The predicted octanol–water partition coefficient (Wildman–Crippen LogP) is 2.99. The van der Waals surface area contributed by atoms with Gasteiger partial charge in [0.1, 0.15) is 0 Å². The molecule has 0 spiro atoms. The third-order valence-corrected chi connectivity index (χ3v) is 5.38. The fourth-order valence-corrected chi connectivity index (χ4v) is 3.73. The molecule has 1 aliphatic carbocycles. The Morgan fingerprint density at radius 1 is 1.10 bits per heavy atom. The average Bonchev–Trinajstić information content (AvgIpc) is 2.36. The lowest BCUT2D eigenvalue weighted by molar-refractivity contribution is -0.0445. The molecule has 0 bridgehead atoms. The van der Waals surface area contributed by atoms with Gasteiger partial charge in [0.25, 0.3) is 0 Å². The molecule has 20 heavy (non-hydrogen) atoms. The van der Waals surface area contributed by atoms with Gasteiger partial charge in [-0.15, -0.1) is 0 Å². The van der Waals surface area contributed by atoms with E-state index < -0.39 is 0 Å². The molecule has 1 aliphatic heterocycles. The van der Waals surface area contributed by atoms with Crippen molar-refractivity contribution in [1.29, 1.82) is 0 Å². The first-order valence-corrected chi connectivity index (χ1v) is 8.53. The Bertz CT molecular complexity index is 279. The second-order valence-electron chi connectivity index (χ2n) is 7.35. The summed E-state index contributed by atoms with van der Waals surface area (Å²) in [7, 11) is 1.85. The minimum atomic E-state index is 0.518. The first-order chi connectivity index (χ1) is 9.51. The van der Waals surface area contributed by atoms with E-state index in [0.717, 1.165) is 12.0 Å². The van der Waals surface area contributed by atoms with Crippen molar-refractivity contribution in [2.75, 3.05) is 26.7 Å². The predicted molar refractivity (Wildman–Crippen MR) is 85.1 cm³/mol. The van der Waals surface area contributed by atoms with Crippen molar-refractivity contribution in [2.45, 2.75) is 77.6 Å². The molecular formula is C17H34N2O. The smallest absolute Gasteiger partial charge is 0.0601 e. The maximum atomic E-state index is 5.44. The molecule has 2 aliphatic rings. The summed E-state index contributed by atoms with van der Waals surface area (Å²) < 4.78 is 5.44. The number of ether oxygens (including phenoxy) is 1. The molecule has 0 amide bonds. The van der Waals surface area contributed by atoms with E-state index in [1.165, 1.54) is 45.3 Å². The van der Waals surface area contributed by atoms with Crippen LogP contribution in [-0.2, 0) is 4.74 Å². The zero-order valence-electron chi connectivity index (χ0n) is 14.1. The van der Waals surface area contributed by atoms with Gasteiger partial charge in [-0.05, 0) is 72.4 Å². The first kappa shape index (κ1) is 16.3. The van der Waals surface area contributed by atoms with Crippen LogP contribution in [0.25, 0.3) is 0 Å². The van der Waals surface area contributed by atoms with Gasteiger partial charge in [-0.2, -0.15) is 0 Å². The molecule has 0 aromatic heterocycles. The second-order valence-corrected chi connectivity index (χ2v) is 7.35. The highest BCUT2D eigenvalue weighted by Crippen LogP contribution is 2.31. The molecule has 1 heterocycles. The van der Waals surface area contributed by atoms with Crippen LogP contribution in [0.2, 0.25) is 0 Å². The molecule has 3 nitrogen and oxygen atoms in total. The summed E-state index contributed by atoms with van der Waals surface area (Å²) in [5, 5.41) is 0.